The van der Waals surface area contributed by atoms with Gasteiger partial charge in [0.15, 0.2) is 21.4 Å². The van der Waals surface area contributed by atoms with E-state index in [-0.39, 0.29) is 16.6 Å². The summed E-state index contributed by atoms with van der Waals surface area (Å²) in [5.74, 6) is -0.573. The Bertz CT molecular complexity index is 565. The van der Waals surface area contributed by atoms with E-state index in [1.807, 2.05) is 0 Å². The van der Waals surface area contributed by atoms with Crippen LogP contribution < -0.4 is 10.1 Å². The van der Waals surface area contributed by atoms with Crippen molar-refractivity contribution in [1.29, 1.82) is 0 Å². The van der Waals surface area contributed by atoms with Crippen LogP contribution in [0.4, 0.5) is 4.39 Å². The van der Waals surface area contributed by atoms with Gasteiger partial charge in [-0.1, -0.05) is 6.07 Å². The Morgan fingerprint density at radius 1 is 1.42 bits per heavy atom. The lowest BCUT2D eigenvalue weighted by Gasteiger charge is -2.25. The molecule has 1 aliphatic rings. The molecule has 4 nitrogen and oxygen atoms in total. The standard InChI is InChI=1S/C13H18FNO3S/c1-18-13-10(9-4-3-7-15-8-9)5-6-11(12(13)14)19(2,16)17/h5-6,9,15H,3-4,7-8H2,1-2H3. The van der Waals surface area contributed by atoms with Gasteiger partial charge in [0.2, 0.25) is 0 Å². The molecule has 0 bridgehead atoms. The summed E-state index contributed by atoms with van der Waals surface area (Å²) in [4.78, 5) is -0.308. The monoisotopic (exact) mass is 287 g/mol. The smallest absolute Gasteiger partial charge is 0.183 e. The van der Waals surface area contributed by atoms with Gasteiger partial charge in [-0.3, -0.25) is 0 Å². The Balaban J connectivity index is 2.49. The predicted molar refractivity (Wildman–Crippen MR) is 70.9 cm³/mol. The average Bonchev–Trinajstić information content (AvgIpc) is 2.37. The minimum Gasteiger partial charge on any atom is -0.493 e. The lowest BCUT2D eigenvalue weighted by Crippen LogP contribution is -2.28. The number of rotatable bonds is 3. The second kappa shape index (κ2) is 5.46. The molecular formula is C13H18FNO3S. The second-order valence-corrected chi connectivity index (χ2v) is 6.80. The van der Waals surface area contributed by atoms with Gasteiger partial charge < -0.3 is 10.1 Å². The Morgan fingerprint density at radius 2 is 2.16 bits per heavy atom. The van der Waals surface area contributed by atoms with Gasteiger partial charge in [0.25, 0.3) is 0 Å². The highest BCUT2D eigenvalue weighted by Crippen LogP contribution is 2.35. The Kier molecular flexibility index (Phi) is 4.10. The van der Waals surface area contributed by atoms with Crippen LogP contribution in [0.3, 0.4) is 0 Å². The molecule has 6 heteroatoms. The van der Waals surface area contributed by atoms with Crippen LogP contribution in [-0.2, 0) is 9.84 Å². The van der Waals surface area contributed by atoms with Crippen LogP contribution >= 0.6 is 0 Å². The highest BCUT2D eigenvalue weighted by molar-refractivity contribution is 7.90. The molecule has 106 valence electrons. The number of hydrogen-bond acceptors (Lipinski definition) is 4. The summed E-state index contributed by atoms with van der Waals surface area (Å²) in [5, 5.41) is 3.25. The van der Waals surface area contributed by atoms with Crippen molar-refractivity contribution in [3.63, 3.8) is 0 Å². The molecule has 2 rings (SSSR count). The first-order chi connectivity index (χ1) is 8.95. The fourth-order valence-electron chi connectivity index (χ4n) is 2.49. The van der Waals surface area contributed by atoms with Gasteiger partial charge >= 0.3 is 0 Å². The van der Waals surface area contributed by atoms with E-state index in [0.29, 0.717) is 0 Å². The average molecular weight is 287 g/mol. The fraction of sp³-hybridized carbons (Fsp3) is 0.538. The minimum atomic E-state index is -3.58. The number of sulfone groups is 1. The SMILES string of the molecule is COc1c(C2CCCNC2)ccc(S(C)(=O)=O)c1F. The van der Waals surface area contributed by atoms with E-state index in [1.54, 1.807) is 6.07 Å². The van der Waals surface area contributed by atoms with Gasteiger partial charge in [0, 0.05) is 24.3 Å². The van der Waals surface area contributed by atoms with Crippen molar-refractivity contribution in [3.05, 3.63) is 23.5 Å². The molecule has 1 N–H and O–H groups in total. The zero-order valence-electron chi connectivity index (χ0n) is 11.1. The molecule has 0 aromatic heterocycles. The van der Waals surface area contributed by atoms with Gasteiger partial charge in [-0.25, -0.2) is 12.8 Å². The van der Waals surface area contributed by atoms with Crippen LogP contribution in [0.15, 0.2) is 17.0 Å². The van der Waals surface area contributed by atoms with Crippen LogP contribution in [0.5, 0.6) is 5.75 Å². The van der Waals surface area contributed by atoms with E-state index >= 15 is 0 Å². The topological polar surface area (TPSA) is 55.4 Å². The largest absolute Gasteiger partial charge is 0.493 e. The molecule has 19 heavy (non-hydrogen) atoms. The molecule has 1 aromatic carbocycles. The Hall–Kier alpha value is -1.14. The van der Waals surface area contributed by atoms with Crippen LogP contribution in [0, 0.1) is 5.82 Å². The van der Waals surface area contributed by atoms with Crippen LogP contribution in [-0.4, -0.2) is 34.9 Å². The van der Waals surface area contributed by atoms with Crippen LogP contribution in [0.25, 0.3) is 0 Å². The summed E-state index contributed by atoms with van der Waals surface area (Å²) >= 11 is 0. The second-order valence-electron chi connectivity index (χ2n) is 4.82. The van der Waals surface area contributed by atoms with Gasteiger partial charge in [0.05, 0.1) is 7.11 Å². The molecule has 1 aliphatic heterocycles. The Labute approximate surface area is 112 Å². The maximum absolute atomic E-state index is 14.3. The Morgan fingerprint density at radius 3 is 2.68 bits per heavy atom. The zero-order valence-corrected chi connectivity index (χ0v) is 11.9. The maximum Gasteiger partial charge on any atom is 0.183 e. The molecule has 1 unspecified atom stereocenters. The van der Waals surface area contributed by atoms with Crippen molar-refractivity contribution < 1.29 is 17.5 Å². The molecule has 1 atom stereocenters. The van der Waals surface area contributed by atoms with Crippen molar-refractivity contribution in [2.45, 2.75) is 23.7 Å². The number of piperidine rings is 1. The minimum absolute atomic E-state index is 0.0524. The van der Waals surface area contributed by atoms with Gasteiger partial charge in [-0.05, 0) is 25.5 Å². The number of methoxy groups -OCH3 is 1. The third-order valence-electron chi connectivity index (χ3n) is 3.43. The molecule has 1 aromatic rings. The molecule has 1 heterocycles. The number of halogens is 1. The number of benzene rings is 1. The normalized spacial score (nSPS) is 20.3. The van der Waals surface area contributed by atoms with E-state index in [9.17, 15) is 12.8 Å². The highest BCUT2D eigenvalue weighted by Gasteiger charge is 2.25. The van der Waals surface area contributed by atoms with E-state index in [0.717, 1.165) is 37.8 Å². The summed E-state index contributed by atoms with van der Waals surface area (Å²) in [7, 11) is -2.22. The fourth-order valence-corrected chi connectivity index (χ4v) is 3.22. The molecule has 0 saturated carbocycles. The third kappa shape index (κ3) is 2.90. The third-order valence-corrected chi connectivity index (χ3v) is 4.55. The van der Waals surface area contributed by atoms with Gasteiger partial charge in [0.1, 0.15) is 4.90 Å². The van der Waals surface area contributed by atoms with Crippen molar-refractivity contribution in [2.75, 3.05) is 26.5 Å². The molecule has 0 spiro atoms. The van der Waals surface area contributed by atoms with E-state index < -0.39 is 15.7 Å². The molecule has 1 fully saturated rings. The van der Waals surface area contributed by atoms with Crippen molar-refractivity contribution >= 4 is 9.84 Å². The quantitative estimate of drug-likeness (QED) is 0.919. The zero-order chi connectivity index (χ0) is 14.0. The molecule has 0 radical (unpaired) electrons. The summed E-state index contributed by atoms with van der Waals surface area (Å²) in [6.45, 7) is 1.72. The molecular weight excluding hydrogens is 269 g/mol. The van der Waals surface area contributed by atoms with Crippen LogP contribution in [0.1, 0.15) is 24.3 Å². The molecule has 0 amide bonds. The van der Waals surface area contributed by atoms with Crippen molar-refractivity contribution in [1.82, 2.24) is 5.32 Å². The number of hydrogen-bond donors (Lipinski definition) is 1. The first-order valence-corrected chi connectivity index (χ1v) is 8.11. The lowest BCUT2D eigenvalue weighted by molar-refractivity contribution is 0.363. The summed E-state index contributed by atoms with van der Waals surface area (Å²) in [6.07, 6.45) is 2.96. The molecule has 0 aliphatic carbocycles. The number of nitrogens with one attached hydrogen (secondary N) is 1. The summed E-state index contributed by atoms with van der Waals surface area (Å²) in [5.41, 5.74) is 0.736. The first-order valence-electron chi connectivity index (χ1n) is 6.22. The van der Waals surface area contributed by atoms with E-state index in [2.05, 4.69) is 5.32 Å². The molecule has 1 saturated heterocycles. The van der Waals surface area contributed by atoms with E-state index in [1.165, 1.54) is 13.2 Å². The maximum atomic E-state index is 14.3. The first kappa shape index (κ1) is 14.3. The summed E-state index contributed by atoms with van der Waals surface area (Å²) < 4.78 is 42.4. The summed E-state index contributed by atoms with van der Waals surface area (Å²) in [6, 6.07) is 2.99. The van der Waals surface area contributed by atoms with Crippen molar-refractivity contribution in [3.8, 4) is 5.75 Å². The number of ether oxygens (including phenoxy) is 1. The van der Waals surface area contributed by atoms with Crippen LogP contribution in [0.2, 0.25) is 0 Å². The van der Waals surface area contributed by atoms with Gasteiger partial charge in [-0.2, -0.15) is 0 Å². The lowest BCUT2D eigenvalue weighted by atomic mass is 9.91. The predicted octanol–water partition coefficient (Wildman–Crippen LogP) is 1.70. The van der Waals surface area contributed by atoms with Crippen molar-refractivity contribution in [2.24, 2.45) is 0 Å². The van der Waals surface area contributed by atoms with E-state index in [4.69, 9.17) is 4.74 Å². The highest BCUT2D eigenvalue weighted by atomic mass is 32.2. The van der Waals surface area contributed by atoms with Gasteiger partial charge in [-0.15, -0.1) is 0 Å².